The molecule has 0 bridgehead atoms. The molecule has 4 aromatic rings. The number of hydrogen-bond acceptors (Lipinski definition) is 4. The maximum Gasteiger partial charge on any atom is 0.270 e. The van der Waals surface area contributed by atoms with Gasteiger partial charge < -0.3 is 15.6 Å². The third-order valence-electron chi connectivity index (χ3n) is 5.44. The summed E-state index contributed by atoms with van der Waals surface area (Å²) in [6.45, 7) is 2.28. The van der Waals surface area contributed by atoms with E-state index >= 15 is 0 Å². The first-order chi connectivity index (χ1) is 14.7. The van der Waals surface area contributed by atoms with Crippen LogP contribution in [0, 0.1) is 5.92 Å². The van der Waals surface area contributed by atoms with E-state index in [4.69, 9.17) is 0 Å². The van der Waals surface area contributed by atoms with E-state index in [1.807, 2.05) is 12.1 Å². The quantitative estimate of drug-likeness (QED) is 0.444. The molecule has 1 aliphatic carbocycles. The lowest BCUT2D eigenvalue weighted by Gasteiger charge is -2.06. The molecule has 0 saturated heterocycles. The first-order valence-electron chi connectivity index (χ1n) is 10.2. The van der Waals surface area contributed by atoms with Gasteiger partial charge in [-0.1, -0.05) is 18.2 Å². The number of amides is 1. The Labute approximate surface area is 173 Å². The number of carbonyl (C=O) groups excluding carboxylic acids is 1. The van der Waals surface area contributed by atoms with Crippen LogP contribution < -0.4 is 16.2 Å². The highest BCUT2D eigenvalue weighted by Gasteiger charge is 2.20. The van der Waals surface area contributed by atoms with E-state index in [9.17, 15) is 9.59 Å². The van der Waals surface area contributed by atoms with Crippen molar-refractivity contribution >= 4 is 22.5 Å². The molecule has 0 radical (unpaired) electrons. The molecule has 5 rings (SSSR count). The van der Waals surface area contributed by atoms with Crippen molar-refractivity contribution in [2.75, 3.05) is 6.54 Å². The minimum absolute atomic E-state index is 0.121. The Bertz CT molecular complexity index is 1290. The number of pyridine rings is 1. The normalized spacial score (nSPS) is 13.7. The van der Waals surface area contributed by atoms with Gasteiger partial charge in [-0.3, -0.25) is 14.0 Å². The van der Waals surface area contributed by atoms with Crippen LogP contribution in [0.15, 0.2) is 59.5 Å². The van der Waals surface area contributed by atoms with E-state index in [2.05, 4.69) is 32.7 Å². The number of carbonyl (C=O) groups is 1. The molecule has 1 fully saturated rings. The second-order valence-electron chi connectivity index (χ2n) is 7.88. The summed E-state index contributed by atoms with van der Waals surface area (Å²) in [5.74, 6) is 0.493. The van der Waals surface area contributed by atoms with E-state index in [1.165, 1.54) is 23.3 Å². The van der Waals surface area contributed by atoms with Crippen molar-refractivity contribution in [3.05, 3.63) is 82.0 Å². The van der Waals surface area contributed by atoms with Crippen LogP contribution in [0.4, 0.5) is 0 Å². The monoisotopic (exact) mass is 401 g/mol. The van der Waals surface area contributed by atoms with Gasteiger partial charge in [0.25, 0.3) is 11.5 Å². The minimum Gasteiger partial charge on any atom is -0.357 e. The number of fused-ring (bicyclic) bond motifs is 2. The lowest BCUT2D eigenvalue weighted by molar-refractivity contribution is 0.0946. The Morgan fingerprint density at radius 3 is 2.90 bits per heavy atom. The minimum atomic E-state index is -0.366. The fraction of sp³-hybridized carbons (Fsp3) is 0.261. The molecule has 30 heavy (non-hydrogen) atoms. The third kappa shape index (κ3) is 3.97. The fourth-order valence-corrected chi connectivity index (χ4v) is 3.62. The molecular weight excluding hydrogens is 378 g/mol. The Kier molecular flexibility index (Phi) is 4.80. The zero-order valence-electron chi connectivity index (χ0n) is 16.5. The molecule has 7 heteroatoms. The molecule has 3 heterocycles. The molecule has 1 aromatic carbocycles. The Morgan fingerprint density at radius 1 is 1.13 bits per heavy atom. The number of aromatic amines is 1. The molecule has 1 saturated carbocycles. The van der Waals surface area contributed by atoms with Gasteiger partial charge in [0.15, 0.2) is 0 Å². The molecule has 7 nitrogen and oxygen atoms in total. The lowest BCUT2D eigenvalue weighted by atomic mass is 10.1. The molecule has 1 aliphatic rings. The molecule has 0 spiro atoms. The first kappa shape index (κ1) is 18.6. The molecule has 3 N–H and O–H groups in total. The van der Waals surface area contributed by atoms with Crippen molar-refractivity contribution in [2.24, 2.45) is 5.92 Å². The summed E-state index contributed by atoms with van der Waals surface area (Å²) in [7, 11) is 0. The van der Waals surface area contributed by atoms with E-state index in [0.717, 1.165) is 41.2 Å². The molecule has 0 aliphatic heterocycles. The highest BCUT2D eigenvalue weighted by atomic mass is 16.2. The number of nitrogens with zero attached hydrogens (tertiary/aromatic N) is 2. The van der Waals surface area contributed by atoms with Gasteiger partial charge in [-0.15, -0.1) is 0 Å². The van der Waals surface area contributed by atoms with E-state index in [0.29, 0.717) is 12.2 Å². The smallest absolute Gasteiger partial charge is 0.270 e. The number of nitrogens with one attached hydrogen (secondary N) is 3. The third-order valence-corrected chi connectivity index (χ3v) is 5.44. The summed E-state index contributed by atoms with van der Waals surface area (Å²) in [5.41, 5.74) is 3.48. The Balaban J connectivity index is 1.26. The van der Waals surface area contributed by atoms with E-state index in [1.54, 1.807) is 24.4 Å². The molecular formula is C23H23N5O2. The van der Waals surface area contributed by atoms with Crippen molar-refractivity contribution in [1.82, 2.24) is 25.0 Å². The van der Waals surface area contributed by atoms with E-state index < -0.39 is 0 Å². The topological polar surface area (TPSA) is 91.3 Å². The van der Waals surface area contributed by atoms with Crippen LogP contribution in [-0.2, 0) is 13.1 Å². The number of benzene rings is 1. The summed E-state index contributed by atoms with van der Waals surface area (Å²) < 4.78 is 1.41. The summed E-state index contributed by atoms with van der Waals surface area (Å²) in [5, 5.41) is 7.50. The predicted molar refractivity (Wildman–Crippen MR) is 115 cm³/mol. The standard InChI is InChI=1S/C23H23N5O2/c29-22-11-20(27-21-3-1-2-8-28(21)22)23(30)25-13-16-6-7-17-10-18(26-19(17)9-16)14-24-12-15-4-5-15/h1-3,6-11,15,24,26H,4-5,12-14H2,(H,25,30). The van der Waals surface area contributed by atoms with Crippen LogP contribution >= 0.6 is 0 Å². The van der Waals surface area contributed by atoms with Crippen LogP contribution in [0.5, 0.6) is 0 Å². The summed E-state index contributed by atoms with van der Waals surface area (Å²) in [6.07, 6.45) is 4.32. The molecule has 152 valence electrons. The highest BCUT2D eigenvalue weighted by molar-refractivity contribution is 5.92. The van der Waals surface area contributed by atoms with Crippen molar-refractivity contribution in [3.8, 4) is 0 Å². The average Bonchev–Trinajstić information content (AvgIpc) is 3.49. The van der Waals surface area contributed by atoms with Crippen molar-refractivity contribution < 1.29 is 4.79 Å². The highest BCUT2D eigenvalue weighted by Crippen LogP contribution is 2.27. The summed E-state index contributed by atoms with van der Waals surface area (Å²) in [6, 6.07) is 14.8. The van der Waals surface area contributed by atoms with Gasteiger partial charge >= 0.3 is 0 Å². The van der Waals surface area contributed by atoms with E-state index in [-0.39, 0.29) is 17.2 Å². The van der Waals surface area contributed by atoms with Crippen molar-refractivity contribution in [3.63, 3.8) is 0 Å². The van der Waals surface area contributed by atoms with Crippen molar-refractivity contribution in [2.45, 2.75) is 25.9 Å². The maximum atomic E-state index is 12.5. The Morgan fingerprint density at radius 2 is 2.03 bits per heavy atom. The van der Waals surface area contributed by atoms with Gasteiger partial charge in [-0.05, 0) is 60.5 Å². The maximum absolute atomic E-state index is 12.5. The first-order valence-corrected chi connectivity index (χ1v) is 10.2. The second kappa shape index (κ2) is 7.76. The number of H-pyrrole nitrogens is 1. The van der Waals surface area contributed by atoms with Crippen LogP contribution in [0.25, 0.3) is 16.6 Å². The predicted octanol–water partition coefficient (Wildman–Crippen LogP) is 2.61. The zero-order chi connectivity index (χ0) is 20.5. The van der Waals surface area contributed by atoms with Crippen LogP contribution in [0.1, 0.15) is 34.6 Å². The van der Waals surface area contributed by atoms with Gasteiger partial charge in [-0.25, -0.2) is 4.98 Å². The van der Waals surface area contributed by atoms with Crippen LogP contribution in [-0.4, -0.2) is 26.8 Å². The van der Waals surface area contributed by atoms with Gasteiger partial charge in [0, 0.05) is 36.6 Å². The van der Waals surface area contributed by atoms with Gasteiger partial charge in [0.05, 0.1) is 0 Å². The SMILES string of the molecule is O=C(NCc1ccc2cc(CNCC3CC3)[nH]c2c1)c1cc(=O)n2ccccc2n1. The number of aromatic nitrogens is 3. The number of hydrogen-bond donors (Lipinski definition) is 3. The Hall–Kier alpha value is -3.45. The largest absolute Gasteiger partial charge is 0.357 e. The lowest BCUT2D eigenvalue weighted by Crippen LogP contribution is -2.26. The van der Waals surface area contributed by atoms with Crippen molar-refractivity contribution in [1.29, 1.82) is 0 Å². The molecule has 0 atom stereocenters. The van der Waals surface area contributed by atoms with Crippen LogP contribution in [0.3, 0.4) is 0 Å². The van der Waals surface area contributed by atoms with Gasteiger partial charge in [0.2, 0.25) is 0 Å². The average molecular weight is 401 g/mol. The molecule has 0 unspecified atom stereocenters. The summed E-state index contributed by atoms with van der Waals surface area (Å²) in [4.78, 5) is 32.4. The molecule has 1 amide bonds. The van der Waals surface area contributed by atoms with Gasteiger partial charge in [0.1, 0.15) is 11.3 Å². The number of rotatable bonds is 7. The molecule has 3 aromatic heterocycles. The summed E-state index contributed by atoms with van der Waals surface area (Å²) >= 11 is 0. The van der Waals surface area contributed by atoms with Gasteiger partial charge in [-0.2, -0.15) is 0 Å². The fourth-order valence-electron chi connectivity index (χ4n) is 3.62. The van der Waals surface area contributed by atoms with Crippen LogP contribution in [0.2, 0.25) is 0 Å². The zero-order valence-corrected chi connectivity index (χ0v) is 16.5. The second-order valence-corrected chi connectivity index (χ2v) is 7.88.